The lowest BCUT2D eigenvalue weighted by Gasteiger charge is -2.30. The first-order valence-corrected chi connectivity index (χ1v) is 6.78. The van der Waals surface area contributed by atoms with Crippen molar-refractivity contribution in [3.8, 4) is 6.07 Å². The Morgan fingerprint density at radius 2 is 2.21 bits per heavy atom. The van der Waals surface area contributed by atoms with Gasteiger partial charge in [0, 0.05) is 11.6 Å². The molecule has 3 rings (SSSR count). The van der Waals surface area contributed by atoms with Gasteiger partial charge in [-0.1, -0.05) is 24.6 Å². The van der Waals surface area contributed by atoms with Gasteiger partial charge in [0.1, 0.15) is 0 Å². The van der Waals surface area contributed by atoms with Gasteiger partial charge in [-0.05, 0) is 37.5 Å². The Labute approximate surface area is 112 Å². The molecule has 19 heavy (non-hydrogen) atoms. The van der Waals surface area contributed by atoms with Crippen molar-refractivity contribution < 1.29 is 4.92 Å². The smallest absolute Gasteiger partial charge is 0.258 e. The zero-order valence-corrected chi connectivity index (χ0v) is 10.7. The van der Waals surface area contributed by atoms with Gasteiger partial charge in [0.2, 0.25) is 0 Å². The van der Waals surface area contributed by atoms with Gasteiger partial charge in [-0.25, -0.2) is 0 Å². The molecular weight excluding hydrogens is 240 g/mol. The van der Waals surface area contributed by atoms with Crippen LogP contribution in [0.3, 0.4) is 0 Å². The molecule has 0 N–H and O–H groups in total. The number of fused-ring (bicyclic) bond motifs is 2. The minimum atomic E-state index is -0.366. The van der Waals surface area contributed by atoms with Crippen LogP contribution >= 0.6 is 0 Å². The molecule has 2 aliphatic rings. The second-order valence-corrected chi connectivity index (χ2v) is 5.91. The highest BCUT2D eigenvalue weighted by atomic mass is 16.6. The predicted octanol–water partition coefficient (Wildman–Crippen LogP) is 3.47. The van der Waals surface area contributed by atoms with E-state index in [4.69, 9.17) is 0 Å². The van der Waals surface area contributed by atoms with Gasteiger partial charge in [0.05, 0.1) is 16.4 Å². The first kappa shape index (κ1) is 12.2. The second kappa shape index (κ2) is 4.34. The van der Waals surface area contributed by atoms with Gasteiger partial charge >= 0.3 is 0 Å². The van der Waals surface area contributed by atoms with E-state index in [0.717, 1.165) is 19.3 Å². The van der Waals surface area contributed by atoms with Crippen LogP contribution in [0.2, 0.25) is 0 Å². The first-order valence-electron chi connectivity index (χ1n) is 6.78. The van der Waals surface area contributed by atoms with Crippen LogP contribution in [0.25, 0.3) is 0 Å². The van der Waals surface area contributed by atoms with Crippen molar-refractivity contribution in [1.29, 1.82) is 5.26 Å². The summed E-state index contributed by atoms with van der Waals surface area (Å²) >= 11 is 0. The van der Waals surface area contributed by atoms with E-state index < -0.39 is 0 Å². The van der Waals surface area contributed by atoms with E-state index in [1.807, 2.05) is 6.07 Å². The van der Waals surface area contributed by atoms with Crippen molar-refractivity contribution in [2.75, 3.05) is 0 Å². The maximum absolute atomic E-state index is 11.1. The molecule has 3 atom stereocenters. The summed E-state index contributed by atoms with van der Waals surface area (Å²) in [6.07, 6.45) is 4.92. The fourth-order valence-corrected chi connectivity index (χ4v) is 4.02. The van der Waals surface area contributed by atoms with Crippen molar-refractivity contribution in [2.24, 2.45) is 17.3 Å². The average molecular weight is 256 g/mol. The molecule has 0 saturated heterocycles. The number of nitriles is 1. The third kappa shape index (κ3) is 1.90. The molecule has 4 heteroatoms. The topological polar surface area (TPSA) is 66.9 Å². The minimum Gasteiger partial charge on any atom is -0.258 e. The van der Waals surface area contributed by atoms with Crippen LogP contribution in [0.4, 0.5) is 5.69 Å². The molecule has 2 fully saturated rings. The lowest BCUT2D eigenvalue weighted by Crippen LogP contribution is -2.28. The van der Waals surface area contributed by atoms with Crippen molar-refractivity contribution in [3.63, 3.8) is 0 Å². The Hall–Kier alpha value is -1.89. The van der Waals surface area contributed by atoms with Gasteiger partial charge in [-0.15, -0.1) is 0 Å². The summed E-state index contributed by atoms with van der Waals surface area (Å²) in [5.41, 5.74) is 0.496. The van der Waals surface area contributed by atoms with Crippen molar-refractivity contribution in [1.82, 2.24) is 0 Å². The molecule has 0 radical (unpaired) electrons. The molecule has 2 aliphatic carbocycles. The number of nitrogens with zero attached hydrogens (tertiary/aromatic N) is 2. The number of nitro groups is 1. The lowest BCUT2D eigenvalue weighted by molar-refractivity contribution is -0.385. The quantitative estimate of drug-likeness (QED) is 0.614. The number of hydrogen-bond acceptors (Lipinski definition) is 3. The summed E-state index contributed by atoms with van der Waals surface area (Å²) in [6, 6.07) is 9.33. The zero-order valence-electron chi connectivity index (χ0n) is 10.7. The fraction of sp³-hybridized carbons (Fsp3) is 0.533. The van der Waals surface area contributed by atoms with E-state index >= 15 is 0 Å². The molecule has 0 aliphatic heterocycles. The Balaban J connectivity index is 1.93. The van der Waals surface area contributed by atoms with Gasteiger partial charge < -0.3 is 0 Å². The van der Waals surface area contributed by atoms with Gasteiger partial charge in [0.25, 0.3) is 5.69 Å². The largest absolute Gasteiger partial charge is 0.272 e. The third-order valence-corrected chi connectivity index (χ3v) is 4.89. The summed E-state index contributed by atoms with van der Waals surface area (Å²) in [7, 11) is 0. The Kier molecular flexibility index (Phi) is 2.78. The first-order chi connectivity index (χ1) is 9.14. The highest BCUT2D eigenvalue weighted by molar-refractivity contribution is 5.41. The number of para-hydroxylation sites is 1. The van der Waals surface area contributed by atoms with Crippen LogP contribution in [0.1, 0.15) is 31.2 Å². The van der Waals surface area contributed by atoms with Gasteiger partial charge in [-0.2, -0.15) is 5.26 Å². The van der Waals surface area contributed by atoms with Crippen molar-refractivity contribution in [2.45, 2.75) is 32.1 Å². The molecule has 1 aromatic rings. The number of hydrogen-bond donors (Lipinski definition) is 0. The van der Waals surface area contributed by atoms with Crippen molar-refractivity contribution >= 4 is 5.69 Å². The van der Waals surface area contributed by atoms with E-state index in [1.54, 1.807) is 12.1 Å². The van der Waals surface area contributed by atoms with E-state index in [1.165, 1.54) is 12.5 Å². The Morgan fingerprint density at radius 3 is 2.79 bits per heavy atom. The lowest BCUT2D eigenvalue weighted by atomic mass is 9.70. The Morgan fingerprint density at radius 1 is 1.42 bits per heavy atom. The number of benzene rings is 1. The maximum atomic E-state index is 11.1. The monoisotopic (exact) mass is 256 g/mol. The molecule has 0 heterocycles. The van der Waals surface area contributed by atoms with Gasteiger partial charge in [0.15, 0.2) is 0 Å². The van der Waals surface area contributed by atoms with Crippen LogP contribution in [-0.2, 0) is 6.42 Å². The predicted molar refractivity (Wildman–Crippen MR) is 70.3 cm³/mol. The molecule has 98 valence electrons. The summed E-state index contributed by atoms with van der Waals surface area (Å²) in [4.78, 5) is 10.7. The highest BCUT2D eigenvalue weighted by Gasteiger charge is 2.51. The molecule has 3 unspecified atom stereocenters. The summed E-state index contributed by atoms with van der Waals surface area (Å²) in [6.45, 7) is 0. The highest BCUT2D eigenvalue weighted by Crippen LogP contribution is 2.57. The number of nitro benzene ring substituents is 1. The zero-order chi connectivity index (χ0) is 13.5. The molecule has 0 spiro atoms. The Bertz CT molecular complexity index is 564. The molecule has 1 aromatic carbocycles. The number of rotatable bonds is 3. The average Bonchev–Trinajstić information content (AvgIpc) is 3.00. The van der Waals surface area contributed by atoms with E-state index in [-0.39, 0.29) is 16.0 Å². The maximum Gasteiger partial charge on any atom is 0.272 e. The summed E-state index contributed by atoms with van der Waals surface area (Å²) in [5, 5.41) is 20.7. The van der Waals surface area contributed by atoms with E-state index in [2.05, 4.69) is 6.07 Å². The molecule has 0 amide bonds. The molecule has 2 bridgehead atoms. The van der Waals surface area contributed by atoms with E-state index in [9.17, 15) is 15.4 Å². The van der Waals surface area contributed by atoms with Crippen LogP contribution in [0, 0.1) is 38.7 Å². The molecular formula is C15H16N2O2. The van der Waals surface area contributed by atoms with E-state index in [0.29, 0.717) is 23.8 Å². The van der Waals surface area contributed by atoms with Crippen LogP contribution < -0.4 is 0 Å². The van der Waals surface area contributed by atoms with Gasteiger partial charge in [-0.3, -0.25) is 10.1 Å². The van der Waals surface area contributed by atoms with Crippen LogP contribution in [0.15, 0.2) is 24.3 Å². The van der Waals surface area contributed by atoms with Crippen molar-refractivity contribution in [3.05, 3.63) is 39.9 Å². The van der Waals surface area contributed by atoms with Crippen LogP contribution in [-0.4, -0.2) is 4.92 Å². The molecule has 0 aromatic heterocycles. The minimum absolute atomic E-state index is 0.153. The SMILES string of the molecule is N#CC1(Cc2ccccc2[N+](=O)[O-])CC2CCC1C2. The van der Waals surface area contributed by atoms with Crippen LogP contribution in [0.5, 0.6) is 0 Å². The second-order valence-electron chi connectivity index (χ2n) is 5.91. The molecule has 4 nitrogen and oxygen atoms in total. The normalized spacial score (nSPS) is 32.2. The fourth-order valence-electron chi connectivity index (χ4n) is 4.02. The third-order valence-electron chi connectivity index (χ3n) is 4.89. The standard InChI is InChI=1S/C15H16N2O2/c16-10-15(8-11-5-6-13(15)7-11)9-12-3-1-2-4-14(12)17(18)19/h1-4,11,13H,5-9H2. The summed E-state index contributed by atoms with van der Waals surface area (Å²) < 4.78 is 0. The molecule has 2 saturated carbocycles. The summed E-state index contributed by atoms with van der Waals surface area (Å²) in [5.74, 6) is 1.09.